The van der Waals surface area contributed by atoms with Crippen molar-refractivity contribution >= 4 is 29.4 Å². The maximum Gasteiger partial charge on any atom is 0.491 e. The van der Waals surface area contributed by atoms with Crippen molar-refractivity contribution in [3.63, 3.8) is 0 Å². The molecule has 2 aromatic carbocycles. The second-order valence-electron chi connectivity index (χ2n) is 8.64. The van der Waals surface area contributed by atoms with E-state index in [2.05, 4.69) is 16.6 Å². The minimum Gasteiger partial charge on any atom is -0.386 e. The van der Waals surface area contributed by atoms with Gasteiger partial charge in [-0.25, -0.2) is 4.79 Å². The molecule has 0 aliphatic carbocycles. The van der Waals surface area contributed by atoms with Gasteiger partial charge in [0.15, 0.2) is 0 Å². The number of anilines is 1. The molecule has 1 heterocycles. The number of carbonyl (C=O) groups is 4. The Labute approximate surface area is 217 Å². The smallest absolute Gasteiger partial charge is 0.386 e. The molecule has 2 amide bonds. The first kappa shape index (κ1) is 28.4. The predicted molar refractivity (Wildman–Crippen MR) is 132 cm³/mol. The molecule has 1 aliphatic rings. The number of nitrogens with two attached hydrogens (primary N) is 1. The molecule has 0 fully saturated rings. The molecule has 0 spiro atoms. The molecule has 1 aliphatic heterocycles. The van der Waals surface area contributed by atoms with Gasteiger partial charge in [0.1, 0.15) is 6.54 Å². The second kappa shape index (κ2) is 12.4. The van der Waals surface area contributed by atoms with Gasteiger partial charge in [-0.05, 0) is 43.7 Å². The number of esters is 2. The van der Waals surface area contributed by atoms with Crippen LogP contribution in [0.5, 0.6) is 0 Å². The molecule has 3 rings (SSSR count). The molecule has 0 saturated carbocycles. The number of benzene rings is 2. The van der Waals surface area contributed by atoms with Crippen LogP contribution in [0.2, 0.25) is 0 Å². The van der Waals surface area contributed by atoms with E-state index in [1.54, 1.807) is 12.1 Å². The zero-order valence-electron chi connectivity index (χ0n) is 20.6. The second-order valence-corrected chi connectivity index (χ2v) is 8.64. The minimum absolute atomic E-state index is 0.143. The molecule has 2 aromatic rings. The third kappa shape index (κ3) is 7.20. The predicted octanol–water partition coefficient (Wildman–Crippen LogP) is 3.18. The van der Waals surface area contributed by atoms with E-state index in [1.807, 2.05) is 30.3 Å². The van der Waals surface area contributed by atoms with Crippen molar-refractivity contribution in [3.05, 3.63) is 65.2 Å². The Hall–Kier alpha value is -4.17. The quantitative estimate of drug-likeness (QED) is 0.255. The fourth-order valence-corrected chi connectivity index (χ4v) is 3.82. The lowest BCUT2D eigenvalue weighted by Gasteiger charge is -2.27. The van der Waals surface area contributed by atoms with Gasteiger partial charge in [0.05, 0.1) is 24.2 Å². The minimum atomic E-state index is -5.34. The summed E-state index contributed by atoms with van der Waals surface area (Å²) in [5.74, 6) is 0.737. The van der Waals surface area contributed by atoms with E-state index >= 15 is 0 Å². The summed E-state index contributed by atoms with van der Waals surface area (Å²) in [7, 11) is 0. The van der Waals surface area contributed by atoms with Crippen LogP contribution in [0.3, 0.4) is 0 Å². The van der Waals surface area contributed by atoms with Crippen LogP contribution in [-0.2, 0) is 25.7 Å². The molecule has 0 saturated heterocycles. The molecule has 11 heteroatoms. The van der Waals surface area contributed by atoms with Gasteiger partial charge >= 0.3 is 18.1 Å². The van der Waals surface area contributed by atoms with E-state index in [9.17, 15) is 32.3 Å². The average molecular weight is 530 g/mol. The molecule has 0 aromatic heterocycles. The van der Waals surface area contributed by atoms with Crippen LogP contribution in [-0.4, -0.2) is 54.0 Å². The van der Waals surface area contributed by atoms with E-state index in [1.165, 1.54) is 17.9 Å². The third-order valence-electron chi connectivity index (χ3n) is 5.74. The number of rotatable bonds is 7. The first-order chi connectivity index (χ1) is 18.0. The maximum absolute atomic E-state index is 13.6. The fourth-order valence-electron chi connectivity index (χ4n) is 3.82. The Morgan fingerprint density at radius 1 is 1.13 bits per heavy atom. The molecule has 38 heavy (non-hydrogen) atoms. The first-order valence-corrected chi connectivity index (χ1v) is 11.8. The third-order valence-corrected chi connectivity index (χ3v) is 5.74. The fraction of sp³-hybridized carbons (Fsp3) is 0.333. The maximum atomic E-state index is 13.6. The number of halogens is 3. The number of carbonyl (C=O) groups excluding carboxylic acids is 4. The summed E-state index contributed by atoms with van der Waals surface area (Å²) in [6, 6.07) is 12.9. The van der Waals surface area contributed by atoms with Crippen LogP contribution < -0.4 is 10.6 Å². The van der Waals surface area contributed by atoms with Crippen molar-refractivity contribution in [3.8, 4) is 11.8 Å². The van der Waals surface area contributed by atoms with Crippen molar-refractivity contribution < 1.29 is 37.1 Å². The number of nitrogens with zero attached hydrogens (tertiary/aromatic N) is 2. The van der Waals surface area contributed by atoms with Gasteiger partial charge in [-0.15, -0.1) is 0 Å². The summed E-state index contributed by atoms with van der Waals surface area (Å²) in [4.78, 5) is 52.5. The standard InChI is InChI=1S/C27H26F3N3O5/c1-18(14-24(35)38-26(37)27(28,29)30)32-17-23(34)33(16-20-9-4-2-5-10-20)22-12-11-19(8-6-3-7-13-31)15-21(22)25(32)36/h2,4-5,9-12,15,18H,3,7,13-14,16-17,31H2,1H3. The van der Waals surface area contributed by atoms with Gasteiger partial charge in [0.25, 0.3) is 5.91 Å². The van der Waals surface area contributed by atoms with Crippen LogP contribution in [0.1, 0.15) is 47.7 Å². The Kier molecular flexibility index (Phi) is 9.25. The number of ether oxygens (including phenoxy) is 1. The van der Waals surface area contributed by atoms with E-state index in [4.69, 9.17) is 5.73 Å². The Balaban J connectivity index is 1.94. The van der Waals surface area contributed by atoms with Crippen LogP contribution in [0.4, 0.5) is 18.9 Å². The average Bonchev–Trinajstić information content (AvgIpc) is 2.97. The molecular weight excluding hydrogens is 503 g/mol. The van der Waals surface area contributed by atoms with Gasteiger partial charge in [0, 0.05) is 18.0 Å². The highest BCUT2D eigenvalue weighted by atomic mass is 19.4. The summed E-state index contributed by atoms with van der Waals surface area (Å²) in [6.07, 6.45) is -4.81. The van der Waals surface area contributed by atoms with E-state index in [-0.39, 0.29) is 12.1 Å². The van der Waals surface area contributed by atoms with E-state index in [0.717, 1.165) is 10.5 Å². The topological polar surface area (TPSA) is 110 Å². The van der Waals surface area contributed by atoms with Crippen molar-refractivity contribution in [1.82, 2.24) is 4.90 Å². The van der Waals surface area contributed by atoms with Crippen molar-refractivity contribution in [2.45, 2.75) is 44.9 Å². The lowest BCUT2D eigenvalue weighted by atomic mass is 10.0. The van der Waals surface area contributed by atoms with Crippen LogP contribution >= 0.6 is 0 Å². The highest BCUT2D eigenvalue weighted by Gasteiger charge is 2.43. The Morgan fingerprint density at radius 3 is 2.50 bits per heavy atom. The zero-order chi connectivity index (χ0) is 27.9. The van der Waals surface area contributed by atoms with Crippen LogP contribution in [0, 0.1) is 11.8 Å². The lowest BCUT2D eigenvalue weighted by molar-refractivity contribution is -0.202. The molecule has 1 atom stereocenters. The molecule has 2 N–H and O–H groups in total. The monoisotopic (exact) mass is 529 g/mol. The summed E-state index contributed by atoms with van der Waals surface area (Å²) < 4.78 is 41.3. The molecule has 0 bridgehead atoms. The van der Waals surface area contributed by atoms with Crippen molar-refractivity contribution in [2.75, 3.05) is 18.0 Å². The first-order valence-electron chi connectivity index (χ1n) is 11.8. The van der Waals surface area contributed by atoms with E-state index < -0.39 is 48.9 Å². The Morgan fingerprint density at radius 2 is 1.84 bits per heavy atom. The molecule has 0 radical (unpaired) electrons. The largest absolute Gasteiger partial charge is 0.491 e. The number of fused-ring (bicyclic) bond motifs is 1. The number of hydrogen-bond donors (Lipinski definition) is 1. The molecule has 1 unspecified atom stereocenters. The summed E-state index contributed by atoms with van der Waals surface area (Å²) in [5, 5.41) is 0. The zero-order valence-corrected chi connectivity index (χ0v) is 20.6. The van der Waals surface area contributed by atoms with Gasteiger partial charge in [-0.2, -0.15) is 13.2 Å². The summed E-state index contributed by atoms with van der Waals surface area (Å²) in [6.45, 7) is 1.58. The summed E-state index contributed by atoms with van der Waals surface area (Å²) >= 11 is 0. The van der Waals surface area contributed by atoms with Crippen molar-refractivity contribution in [1.29, 1.82) is 0 Å². The highest BCUT2D eigenvalue weighted by molar-refractivity contribution is 6.10. The molecular formula is C27H26F3N3O5. The molecule has 200 valence electrons. The SMILES string of the molecule is CC(CC(=O)OC(=O)C(F)(F)F)N1CC(=O)N(Cc2ccccc2)c2ccc(C#CCCCN)cc2C1=O. The van der Waals surface area contributed by atoms with Gasteiger partial charge in [-0.1, -0.05) is 42.2 Å². The van der Waals surface area contributed by atoms with Gasteiger partial charge < -0.3 is 20.3 Å². The number of alkyl halides is 3. The lowest BCUT2D eigenvalue weighted by Crippen LogP contribution is -2.44. The highest BCUT2D eigenvalue weighted by Crippen LogP contribution is 2.30. The normalized spacial score (nSPS) is 14.2. The number of amides is 2. The molecule has 8 nitrogen and oxygen atoms in total. The number of unbranched alkanes of at least 4 members (excludes halogenated alkanes) is 1. The van der Waals surface area contributed by atoms with Gasteiger partial charge in [0.2, 0.25) is 5.91 Å². The van der Waals surface area contributed by atoms with Gasteiger partial charge in [-0.3, -0.25) is 14.4 Å². The van der Waals surface area contributed by atoms with Crippen LogP contribution in [0.15, 0.2) is 48.5 Å². The van der Waals surface area contributed by atoms with E-state index in [0.29, 0.717) is 30.6 Å². The summed E-state index contributed by atoms with van der Waals surface area (Å²) in [5.41, 5.74) is 7.29. The van der Waals surface area contributed by atoms with Crippen LogP contribution in [0.25, 0.3) is 0 Å². The van der Waals surface area contributed by atoms with Crippen molar-refractivity contribution in [2.24, 2.45) is 5.73 Å². The Bertz CT molecular complexity index is 1270. The number of hydrogen-bond acceptors (Lipinski definition) is 6.